The number of carbonyl (C=O) groups is 3. The number of carboxylic acid groups (broad SMARTS) is 1. The first-order valence-corrected chi connectivity index (χ1v) is 11.7. The summed E-state index contributed by atoms with van der Waals surface area (Å²) >= 11 is 0. The van der Waals surface area contributed by atoms with Gasteiger partial charge in [-0.3, -0.25) is 9.59 Å². The quantitative estimate of drug-likeness (QED) is 0.532. The van der Waals surface area contributed by atoms with Crippen LogP contribution in [0.3, 0.4) is 0 Å². The maximum atomic E-state index is 12.9. The van der Waals surface area contributed by atoms with Gasteiger partial charge in [0.05, 0.1) is 0 Å². The summed E-state index contributed by atoms with van der Waals surface area (Å²) in [4.78, 5) is 37.8. The molecule has 2 amide bonds. The van der Waals surface area contributed by atoms with E-state index in [-0.39, 0.29) is 37.5 Å². The molecule has 0 saturated carbocycles. The Morgan fingerprint density at radius 3 is 2.11 bits per heavy atom. The number of amides is 2. The molecule has 0 bridgehead atoms. The summed E-state index contributed by atoms with van der Waals surface area (Å²) in [6.45, 7) is 6.00. The minimum absolute atomic E-state index is 0.0385. The Balaban J connectivity index is 1.53. The highest BCUT2D eigenvalue weighted by atomic mass is 16.5. The molecule has 0 aliphatic heterocycles. The Hall–Kier alpha value is -3.39. The number of rotatable bonds is 10. The van der Waals surface area contributed by atoms with Gasteiger partial charge in [-0.2, -0.15) is 0 Å². The molecule has 1 atom stereocenters. The number of carboxylic acids is 1. The number of nitrogens with zero attached hydrogens (tertiary/aromatic N) is 1. The largest absolute Gasteiger partial charge is 0.480 e. The van der Waals surface area contributed by atoms with Crippen LogP contribution >= 0.6 is 0 Å². The number of carbonyl (C=O) groups excluding carboxylic acids is 2. The highest BCUT2D eigenvalue weighted by molar-refractivity contribution is 5.85. The fraction of sp³-hybridized carbons (Fsp3) is 0.444. The van der Waals surface area contributed by atoms with Gasteiger partial charge in [0.25, 0.3) is 5.91 Å². The Bertz CT molecular complexity index is 1020. The second kappa shape index (κ2) is 11.4. The maximum Gasteiger partial charge on any atom is 0.407 e. The molecule has 188 valence electrons. The van der Waals surface area contributed by atoms with E-state index in [0.717, 1.165) is 22.3 Å². The van der Waals surface area contributed by atoms with Crippen molar-refractivity contribution in [2.45, 2.75) is 39.2 Å². The Morgan fingerprint density at radius 1 is 1.03 bits per heavy atom. The number of aliphatic carboxylic acids is 1. The molecule has 0 radical (unpaired) electrons. The van der Waals surface area contributed by atoms with E-state index in [2.05, 4.69) is 29.6 Å². The minimum Gasteiger partial charge on any atom is -0.480 e. The average Bonchev–Trinajstić information content (AvgIpc) is 3.12. The zero-order valence-corrected chi connectivity index (χ0v) is 20.7. The number of ether oxygens (including phenoxy) is 2. The second-order valence-corrected chi connectivity index (χ2v) is 9.91. The fourth-order valence-corrected chi connectivity index (χ4v) is 4.45. The van der Waals surface area contributed by atoms with Gasteiger partial charge in [0.1, 0.15) is 19.3 Å². The van der Waals surface area contributed by atoms with Crippen molar-refractivity contribution in [1.82, 2.24) is 10.2 Å². The fourth-order valence-electron chi connectivity index (χ4n) is 4.45. The number of benzene rings is 2. The number of nitrogens with one attached hydrogen (secondary N) is 1. The third-order valence-corrected chi connectivity index (χ3v) is 5.88. The van der Waals surface area contributed by atoms with E-state index in [4.69, 9.17) is 9.47 Å². The molecular formula is C27H34N2O6. The SMILES string of the molecule is COC(CCNC(=O)OCC1c2ccccc2-c2ccccc21)C(=O)N(CC(=O)O)CC(C)(C)C. The molecule has 0 fully saturated rings. The molecule has 8 heteroatoms. The highest BCUT2D eigenvalue weighted by Gasteiger charge is 2.30. The highest BCUT2D eigenvalue weighted by Crippen LogP contribution is 2.44. The summed E-state index contributed by atoms with van der Waals surface area (Å²) in [6, 6.07) is 16.2. The monoisotopic (exact) mass is 482 g/mol. The van der Waals surface area contributed by atoms with Gasteiger partial charge < -0.3 is 24.8 Å². The van der Waals surface area contributed by atoms with Gasteiger partial charge in [-0.05, 0) is 27.7 Å². The predicted octanol–water partition coefficient (Wildman–Crippen LogP) is 3.89. The van der Waals surface area contributed by atoms with Crippen LogP contribution in [-0.2, 0) is 19.1 Å². The summed E-state index contributed by atoms with van der Waals surface area (Å²) < 4.78 is 10.8. The molecule has 0 heterocycles. The molecule has 35 heavy (non-hydrogen) atoms. The summed E-state index contributed by atoms with van der Waals surface area (Å²) in [5.41, 5.74) is 4.29. The molecule has 2 N–H and O–H groups in total. The molecule has 8 nitrogen and oxygen atoms in total. The average molecular weight is 483 g/mol. The lowest BCUT2D eigenvalue weighted by Crippen LogP contribution is -2.47. The Kier molecular flexibility index (Phi) is 8.51. The van der Waals surface area contributed by atoms with Crippen LogP contribution in [-0.4, -0.2) is 67.4 Å². The van der Waals surface area contributed by atoms with Crippen molar-refractivity contribution < 1.29 is 29.0 Å². The van der Waals surface area contributed by atoms with Crippen molar-refractivity contribution in [3.8, 4) is 11.1 Å². The first kappa shape index (κ1) is 26.2. The lowest BCUT2D eigenvalue weighted by Gasteiger charge is -2.31. The van der Waals surface area contributed by atoms with Crippen molar-refractivity contribution in [2.75, 3.05) is 33.4 Å². The van der Waals surface area contributed by atoms with Crippen LogP contribution in [0.5, 0.6) is 0 Å². The first-order chi connectivity index (χ1) is 16.6. The van der Waals surface area contributed by atoms with E-state index in [1.807, 2.05) is 45.0 Å². The van der Waals surface area contributed by atoms with Gasteiger partial charge in [0, 0.05) is 32.5 Å². The molecule has 2 aromatic carbocycles. The van der Waals surface area contributed by atoms with Crippen LogP contribution in [0.1, 0.15) is 44.2 Å². The number of methoxy groups -OCH3 is 1. The number of hydrogen-bond donors (Lipinski definition) is 2. The van der Waals surface area contributed by atoms with Crippen molar-refractivity contribution >= 4 is 18.0 Å². The second-order valence-electron chi connectivity index (χ2n) is 9.91. The van der Waals surface area contributed by atoms with Crippen LogP contribution in [0.4, 0.5) is 4.79 Å². The molecule has 2 aromatic rings. The van der Waals surface area contributed by atoms with Crippen LogP contribution in [0.25, 0.3) is 11.1 Å². The van der Waals surface area contributed by atoms with Crippen LogP contribution in [0.15, 0.2) is 48.5 Å². The van der Waals surface area contributed by atoms with E-state index < -0.39 is 30.6 Å². The third-order valence-electron chi connectivity index (χ3n) is 5.88. The first-order valence-electron chi connectivity index (χ1n) is 11.7. The van der Waals surface area contributed by atoms with E-state index in [1.165, 1.54) is 12.0 Å². The molecule has 3 rings (SSSR count). The lowest BCUT2D eigenvalue weighted by molar-refractivity contribution is -0.151. The molecule has 0 spiro atoms. The van der Waals surface area contributed by atoms with E-state index in [1.54, 1.807) is 0 Å². The number of fused-ring (bicyclic) bond motifs is 3. The summed E-state index contributed by atoms with van der Waals surface area (Å²) in [7, 11) is 1.39. The maximum absolute atomic E-state index is 12.9. The summed E-state index contributed by atoms with van der Waals surface area (Å²) in [5.74, 6) is -1.54. The lowest BCUT2D eigenvalue weighted by atomic mass is 9.95. The summed E-state index contributed by atoms with van der Waals surface area (Å²) in [6.07, 6.45) is -1.25. The van der Waals surface area contributed by atoms with Crippen LogP contribution < -0.4 is 5.32 Å². The molecule has 1 aliphatic carbocycles. The van der Waals surface area contributed by atoms with Crippen molar-refractivity contribution in [3.63, 3.8) is 0 Å². The van der Waals surface area contributed by atoms with Crippen molar-refractivity contribution in [1.29, 1.82) is 0 Å². The van der Waals surface area contributed by atoms with Gasteiger partial charge in [0.15, 0.2) is 0 Å². The van der Waals surface area contributed by atoms with Crippen molar-refractivity contribution in [3.05, 3.63) is 59.7 Å². The van der Waals surface area contributed by atoms with Gasteiger partial charge in [-0.15, -0.1) is 0 Å². The Morgan fingerprint density at radius 2 is 1.60 bits per heavy atom. The Labute approximate surface area is 206 Å². The van der Waals surface area contributed by atoms with Gasteiger partial charge in [-0.25, -0.2) is 4.79 Å². The normalized spacial score (nSPS) is 13.5. The zero-order valence-electron chi connectivity index (χ0n) is 20.7. The van der Waals surface area contributed by atoms with Gasteiger partial charge >= 0.3 is 12.1 Å². The van der Waals surface area contributed by atoms with Crippen LogP contribution in [0.2, 0.25) is 0 Å². The molecule has 0 saturated heterocycles. The van der Waals surface area contributed by atoms with E-state index >= 15 is 0 Å². The molecular weight excluding hydrogens is 448 g/mol. The topological polar surface area (TPSA) is 105 Å². The molecule has 1 unspecified atom stereocenters. The van der Waals surface area contributed by atoms with Crippen LogP contribution in [0, 0.1) is 5.41 Å². The molecule has 1 aliphatic rings. The predicted molar refractivity (Wildman–Crippen MR) is 132 cm³/mol. The zero-order chi connectivity index (χ0) is 25.6. The smallest absolute Gasteiger partial charge is 0.407 e. The minimum atomic E-state index is -1.09. The van der Waals surface area contributed by atoms with Crippen molar-refractivity contribution in [2.24, 2.45) is 5.41 Å². The number of hydrogen-bond acceptors (Lipinski definition) is 5. The molecule has 0 aromatic heterocycles. The third kappa shape index (κ3) is 6.82. The van der Waals surface area contributed by atoms with Gasteiger partial charge in [-0.1, -0.05) is 69.3 Å². The van der Waals surface area contributed by atoms with Gasteiger partial charge in [0.2, 0.25) is 0 Å². The van der Waals surface area contributed by atoms with E-state index in [0.29, 0.717) is 0 Å². The summed E-state index contributed by atoms with van der Waals surface area (Å²) in [5, 5.41) is 11.9. The van der Waals surface area contributed by atoms with E-state index in [9.17, 15) is 19.5 Å². The standard InChI is InChI=1S/C27H34N2O6/c1-27(2,3)17-29(15-24(30)31)25(32)23(34-4)13-14-28-26(33)35-16-22-20-11-7-5-9-18(20)19-10-6-8-12-21(19)22/h5-12,22-23H,13-17H2,1-4H3,(H,28,33)(H,30,31). The number of alkyl carbamates (subject to hydrolysis) is 1.